The standard InChI is InChI=1S/C23H50O4Si/c1-5-9-10-11-12-13-14-15-16-17-18-19-20-21-22-24-23-28(25-6-2,26-7-3)27-8-4/h5-23H2,1-4H3. The molecule has 0 unspecified atom stereocenters. The summed E-state index contributed by atoms with van der Waals surface area (Å²) in [5.41, 5.74) is 0. The molecule has 0 radical (unpaired) electrons. The first-order valence-electron chi connectivity index (χ1n) is 12.2. The van der Waals surface area contributed by atoms with E-state index in [0.29, 0.717) is 26.1 Å². The summed E-state index contributed by atoms with van der Waals surface area (Å²) in [5, 5.41) is 0. The number of unbranched alkanes of at least 4 members (excludes halogenated alkanes) is 13. The first-order valence-corrected chi connectivity index (χ1v) is 14.2. The zero-order valence-corrected chi connectivity index (χ0v) is 20.6. The molecule has 0 N–H and O–H groups in total. The SMILES string of the molecule is CCCCCCCCCCCCCCCCOC[Si](OCC)(OCC)OCC. The van der Waals surface area contributed by atoms with Gasteiger partial charge in [-0.2, -0.15) is 0 Å². The van der Waals surface area contributed by atoms with Crippen molar-refractivity contribution in [2.24, 2.45) is 0 Å². The molecule has 28 heavy (non-hydrogen) atoms. The van der Waals surface area contributed by atoms with Crippen molar-refractivity contribution in [3.8, 4) is 0 Å². The van der Waals surface area contributed by atoms with Gasteiger partial charge >= 0.3 is 8.80 Å². The van der Waals surface area contributed by atoms with Crippen molar-refractivity contribution in [1.29, 1.82) is 0 Å². The molecule has 0 spiro atoms. The third-order valence-electron chi connectivity index (χ3n) is 5.01. The maximum atomic E-state index is 5.85. The Morgan fingerprint density at radius 2 is 0.821 bits per heavy atom. The quantitative estimate of drug-likeness (QED) is 0.131. The summed E-state index contributed by atoms with van der Waals surface area (Å²) in [6, 6.07) is 0. The van der Waals surface area contributed by atoms with Gasteiger partial charge in [0.25, 0.3) is 0 Å². The van der Waals surface area contributed by atoms with Crippen LogP contribution in [0.15, 0.2) is 0 Å². The van der Waals surface area contributed by atoms with E-state index in [1.54, 1.807) is 0 Å². The number of hydrogen-bond acceptors (Lipinski definition) is 4. The highest BCUT2D eigenvalue weighted by atomic mass is 28.4. The van der Waals surface area contributed by atoms with Crippen LogP contribution in [-0.2, 0) is 18.0 Å². The third-order valence-corrected chi connectivity index (χ3v) is 7.76. The fraction of sp³-hybridized carbons (Fsp3) is 1.00. The van der Waals surface area contributed by atoms with Crippen molar-refractivity contribution in [3.63, 3.8) is 0 Å². The molecule has 0 saturated heterocycles. The molecule has 0 bridgehead atoms. The van der Waals surface area contributed by atoms with Crippen molar-refractivity contribution in [3.05, 3.63) is 0 Å². The van der Waals surface area contributed by atoms with Crippen LogP contribution in [0, 0.1) is 0 Å². The number of ether oxygens (including phenoxy) is 1. The summed E-state index contributed by atoms with van der Waals surface area (Å²) < 4.78 is 23.3. The molecule has 5 heteroatoms. The minimum Gasteiger partial charge on any atom is -0.377 e. The van der Waals surface area contributed by atoms with Gasteiger partial charge in [0.1, 0.15) is 6.23 Å². The lowest BCUT2D eigenvalue weighted by Crippen LogP contribution is -2.51. The molecule has 0 heterocycles. The van der Waals surface area contributed by atoms with E-state index in [0.717, 1.165) is 13.0 Å². The second kappa shape index (κ2) is 21.8. The fourth-order valence-corrected chi connectivity index (χ4v) is 5.72. The Bertz CT molecular complexity index is 285. The van der Waals surface area contributed by atoms with Crippen LogP contribution in [-0.4, -0.2) is 41.5 Å². The maximum Gasteiger partial charge on any atom is 0.528 e. The Balaban J connectivity index is 3.46. The van der Waals surface area contributed by atoms with Crippen LogP contribution < -0.4 is 0 Å². The first-order chi connectivity index (χ1) is 13.7. The molecule has 0 fully saturated rings. The molecule has 0 atom stereocenters. The minimum absolute atomic E-state index is 0.473. The van der Waals surface area contributed by atoms with Crippen LogP contribution in [0.2, 0.25) is 0 Å². The zero-order valence-electron chi connectivity index (χ0n) is 19.6. The lowest BCUT2D eigenvalue weighted by molar-refractivity contribution is 0.0294. The largest absolute Gasteiger partial charge is 0.528 e. The van der Waals surface area contributed by atoms with Crippen LogP contribution in [0.1, 0.15) is 118 Å². The first kappa shape index (κ1) is 28.1. The van der Waals surface area contributed by atoms with Gasteiger partial charge in [-0.15, -0.1) is 0 Å². The average Bonchev–Trinajstić information content (AvgIpc) is 2.68. The third kappa shape index (κ3) is 17.0. The van der Waals surface area contributed by atoms with Gasteiger partial charge in [0.2, 0.25) is 0 Å². The maximum absolute atomic E-state index is 5.85. The predicted molar refractivity (Wildman–Crippen MR) is 122 cm³/mol. The van der Waals surface area contributed by atoms with Gasteiger partial charge in [-0.25, -0.2) is 0 Å². The summed E-state index contributed by atoms with van der Waals surface area (Å²) in [4.78, 5) is 0. The molecule has 0 saturated carbocycles. The molecule has 0 aromatic heterocycles. The smallest absolute Gasteiger partial charge is 0.377 e. The summed E-state index contributed by atoms with van der Waals surface area (Å²) in [6.45, 7) is 10.8. The van der Waals surface area contributed by atoms with Gasteiger partial charge in [0.15, 0.2) is 0 Å². The van der Waals surface area contributed by atoms with E-state index in [9.17, 15) is 0 Å². The second-order valence-electron chi connectivity index (χ2n) is 7.63. The Morgan fingerprint density at radius 1 is 0.464 bits per heavy atom. The highest BCUT2D eigenvalue weighted by Crippen LogP contribution is 2.14. The summed E-state index contributed by atoms with van der Waals surface area (Å²) in [5.74, 6) is 0. The second-order valence-corrected chi connectivity index (χ2v) is 10.2. The van der Waals surface area contributed by atoms with Crippen LogP contribution in [0.25, 0.3) is 0 Å². The molecule has 0 aliphatic heterocycles. The van der Waals surface area contributed by atoms with Crippen molar-refractivity contribution in [2.45, 2.75) is 118 Å². The molecule has 0 rings (SSSR count). The Morgan fingerprint density at radius 3 is 1.18 bits per heavy atom. The van der Waals surface area contributed by atoms with Gasteiger partial charge in [-0.05, 0) is 27.2 Å². The molecular weight excluding hydrogens is 368 g/mol. The zero-order chi connectivity index (χ0) is 20.8. The Hall–Kier alpha value is 0.0569. The number of hydrogen-bond donors (Lipinski definition) is 0. The lowest BCUT2D eigenvalue weighted by atomic mass is 10.0. The van der Waals surface area contributed by atoms with Crippen LogP contribution >= 0.6 is 0 Å². The van der Waals surface area contributed by atoms with E-state index in [2.05, 4.69) is 6.92 Å². The highest BCUT2D eigenvalue weighted by Gasteiger charge is 2.41. The monoisotopic (exact) mass is 418 g/mol. The van der Waals surface area contributed by atoms with E-state index < -0.39 is 8.80 Å². The minimum atomic E-state index is -2.62. The fourth-order valence-electron chi connectivity index (χ4n) is 3.51. The molecule has 170 valence electrons. The van der Waals surface area contributed by atoms with Crippen molar-refractivity contribution >= 4 is 8.80 Å². The summed E-state index contributed by atoms with van der Waals surface area (Å²) in [6.07, 6.45) is 19.7. The molecule has 4 nitrogen and oxygen atoms in total. The summed E-state index contributed by atoms with van der Waals surface area (Å²) >= 11 is 0. The van der Waals surface area contributed by atoms with E-state index in [-0.39, 0.29) is 0 Å². The van der Waals surface area contributed by atoms with Crippen LogP contribution in [0.3, 0.4) is 0 Å². The van der Waals surface area contributed by atoms with Gasteiger partial charge in [-0.1, -0.05) is 90.4 Å². The van der Waals surface area contributed by atoms with Gasteiger partial charge < -0.3 is 18.0 Å². The molecule has 0 aliphatic rings. The van der Waals surface area contributed by atoms with E-state index in [1.165, 1.54) is 83.5 Å². The van der Waals surface area contributed by atoms with Crippen molar-refractivity contribution < 1.29 is 18.0 Å². The molecule has 0 aliphatic carbocycles. The van der Waals surface area contributed by atoms with Crippen molar-refractivity contribution in [2.75, 3.05) is 32.7 Å². The van der Waals surface area contributed by atoms with Crippen LogP contribution in [0.4, 0.5) is 0 Å². The van der Waals surface area contributed by atoms with E-state index in [4.69, 9.17) is 18.0 Å². The average molecular weight is 419 g/mol. The van der Waals surface area contributed by atoms with Gasteiger partial charge in [-0.3, -0.25) is 0 Å². The van der Waals surface area contributed by atoms with Gasteiger partial charge in [0, 0.05) is 26.4 Å². The molecule has 0 aromatic rings. The van der Waals surface area contributed by atoms with E-state index >= 15 is 0 Å². The van der Waals surface area contributed by atoms with E-state index in [1.807, 2.05) is 20.8 Å². The predicted octanol–water partition coefficient (Wildman–Crippen LogP) is 7.07. The van der Waals surface area contributed by atoms with Crippen LogP contribution in [0.5, 0.6) is 0 Å². The molecule has 0 aromatic carbocycles. The lowest BCUT2D eigenvalue weighted by Gasteiger charge is -2.28. The summed E-state index contributed by atoms with van der Waals surface area (Å²) in [7, 11) is -2.62. The van der Waals surface area contributed by atoms with Gasteiger partial charge in [0.05, 0.1) is 0 Å². The molecular formula is C23H50O4Si. The Kier molecular flexibility index (Phi) is 21.8. The molecule has 0 amide bonds. The topological polar surface area (TPSA) is 36.9 Å². The van der Waals surface area contributed by atoms with Crippen molar-refractivity contribution in [1.82, 2.24) is 0 Å². The highest BCUT2D eigenvalue weighted by molar-refractivity contribution is 6.60. The Labute approximate surface area is 177 Å². The normalized spacial score (nSPS) is 12.0. The number of rotatable bonds is 23.